The molecule has 7 nitrogen and oxygen atoms in total. The number of carbonyl (C=O) groups excluding carboxylic acids is 1. The highest BCUT2D eigenvalue weighted by Crippen LogP contribution is 2.43. The third-order valence-corrected chi connectivity index (χ3v) is 6.23. The Hall–Kier alpha value is -2.57. The first-order chi connectivity index (χ1) is 13.8. The van der Waals surface area contributed by atoms with Gasteiger partial charge in [-0.3, -0.25) is 4.79 Å². The van der Waals surface area contributed by atoms with Crippen LogP contribution in [0.2, 0.25) is 0 Å². The second-order valence-corrected chi connectivity index (χ2v) is 9.10. The molecule has 0 N–H and O–H groups in total. The molecule has 2 aliphatic heterocycles. The van der Waals surface area contributed by atoms with Crippen LogP contribution in [0.25, 0.3) is 0 Å². The minimum atomic E-state index is -0.0170. The quantitative estimate of drug-likeness (QED) is 0.787. The summed E-state index contributed by atoms with van der Waals surface area (Å²) in [6, 6.07) is 6.18. The molecule has 7 heteroatoms. The number of ether oxygens (including phenoxy) is 2. The number of carbonyl (C=O) groups is 1. The molecule has 2 atom stereocenters. The van der Waals surface area contributed by atoms with Crippen LogP contribution in [0.1, 0.15) is 68.5 Å². The van der Waals surface area contributed by atoms with Crippen molar-refractivity contribution in [3.05, 3.63) is 35.7 Å². The number of hydrogen-bond acceptors (Lipinski definition) is 5. The van der Waals surface area contributed by atoms with Crippen LogP contribution in [0, 0.1) is 0 Å². The summed E-state index contributed by atoms with van der Waals surface area (Å²) in [5, 5.41) is 8.79. The molecular formula is C22H30N4O3. The second kappa shape index (κ2) is 7.35. The van der Waals surface area contributed by atoms with Crippen molar-refractivity contribution in [3.8, 4) is 11.5 Å². The Morgan fingerprint density at radius 2 is 1.76 bits per heavy atom. The molecule has 2 aliphatic rings. The predicted molar refractivity (Wildman–Crippen MR) is 110 cm³/mol. The lowest BCUT2D eigenvalue weighted by atomic mass is 9.92. The molecule has 2 unspecified atom stereocenters. The van der Waals surface area contributed by atoms with Gasteiger partial charge in [0.05, 0.1) is 31.5 Å². The zero-order valence-electron chi connectivity index (χ0n) is 17.9. The Bertz CT molecular complexity index is 888. The van der Waals surface area contributed by atoms with Crippen molar-refractivity contribution in [2.45, 2.75) is 70.0 Å². The fourth-order valence-electron chi connectivity index (χ4n) is 4.69. The molecule has 4 rings (SSSR count). The minimum absolute atomic E-state index is 0.0170. The first-order valence-corrected chi connectivity index (χ1v) is 10.3. The Morgan fingerprint density at radius 3 is 2.31 bits per heavy atom. The Balaban J connectivity index is 1.56. The van der Waals surface area contributed by atoms with Crippen molar-refractivity contribution in [1.82, 2.24) is 19.9 Å². The van der Waals surface area contributed by atoms with Gasteiger partial charge in [-0.1, -0.05) is 32.1 Å². The topological polar surface area (TPSA) is 69.5 Å². The number of piperidine rings is 1. The van der Waals surface area contributed by atoms with Crippen LogP contribution in [0.15, 0.2) is 24.4 Å². The van der Waals surface area contributed by atoms with Gasteiger partial charge >= 0.3 is 0 Å². The largest absolute Gasteiger partial charge is 0.493 e. The summed E-state index contributed by atoms with van der Waals surface area (Å²) in [6.45, 7) is 6.44. The van der Waals surface area contributed by atoms with Gasteiger partial charge in [0.2, 0.25) is 0 Å². The van der Waals surface area contributed by atoms with Gasteiger partial charge in [0.25, 0.3) is 5.91 Å². The van der Waals surface area contributed by atoms with E-state index in [-0.39, 0.29) is 29.4 Å². The Morgan fingerprint density at radius 1 is 1.07 bits per heavy atom. The number of aromatic nitrogens is 3. The highest BCUT2D eigenvalue weighted by atomic mass is 16.5. The van der Waals surface area contributed by atoms with Crippen molar-refractivity contribution < 1.29 is 14.3 Å². The third-order valence-electron chi connectivity index (χ3n) is 6.23. The van der Waals surface area contributed by atoms with Crippen LogP contribution in [0.5, 0.6) is 11.5 Å². The maximum absolute atomic E-state index is 13.4. The first kappa shape index (κ1) is 19.7. The molecule has 3 heterocycles. The number of hydrogen-bond donors (Lipinski definition) is 0. The summed E-state index contributed by atoms with van der Waals surface area (Å²) in [6.07, 6.45) is 5.94. The van der Waals surface area contributed by atoms with Crippen molar-refractivity contribution in [2.75, 3.05) is 14.2 Å². The molecule has 0 spiro atoms. The van der Waals surface area contributed by atoms with E-state index in [0.717, 1.165) is 31.4 Å². The van der Waals surface area contributed by atoms with Crippen LogP contribution in [0.3, 0.4) is 0 Å². The van der Waals surface area contributed by atoms with Crippen molar-refractivity contribution in [2.24, 2.45) is 0 Å². The second-order valence-electron chi connectivity index (χ2n) is 9.10. The lowest BCUT2D eigenvalue weighted by Crippen LogP contribution is -2.47. The molecule has 29 heavy (non-hydrogen) atoms. The number of para-hydroxylation sites is 1. The van der Waals surface area contributed by atoms with E-state index >= 15 is 0 Å². The maximum atomic E-state index is 13.4. The molecular weight excluding hydrogens is 368 g/mol. The van der Waals surface area contributed by atoms with E-state index in [1.165, 1.54) is 0 Å². The van der Waals surface area contributed by atoms with Crippen LogP contribution in [-0.4, -0.2) is 52.1 Å². The van der Waals surface area contributed by atoms with E-state index in [0.29, 0.717) is 17.1 Å². The summed E-state index contributed by atoms with van der Waals surface area (Å²) in [4.78, 5) is 15.5. The average molecular weight is 399 g/mol. The van der Waals surface area contributed by atoms with E-state index in [1.807, 2.05) is 22.9 Å². The van der Waals surface area contributed by atoms with Crippen molar-refractivity contribution in [3.63, 3.8) is 0 Å². The zero-order chi connectivity index (χ0) is 20.8. The molecule has 1 aromatic carbocycles. The number of nitrogens with zero attached hydrogens (tertiary/aromatic N) is 4. The number of amides is 1. The Labute approximate surface area is 172 Å². The highest BCUT2D eigenvalue weighted by Gasteiger charge is 2.45. The third kappa shape index (κ3) is 3.47. The van der Waals surface area contributed by atoms with Gasteiger partial charge in [-0.15, -0.1) is 5.10 Å². The van der Waals surface area contributed by atoms with E-state index < -0.39 is 0 Å². The first-order valence-electron chi connectivity index (χ1n) is 10.3. The van der Waals surface area contributed by atoms with Gasteiger partial charge in [0.15, 0.2) is 11.5 Å². The van der Waals surface area contributed by atoms with Crippen LogP contribution >= 0.6 is 0 Å². The van der Waals surface area contributed by atoms with E-state index in [1.54, 1.807) is 14.2 Å². The summed E-state index contributed by atoms with van der Waals surface area (Å²) in [5.41, 5.74) is 1.55. The van der Waals surface area contributed by atoms with Gasteiger partial charge in [0.1, 0.15) is 0 Å². The van der Waals surface area contributed by atoms with Crippen molar-refractivity contribution in [1.29, 1.82) is 0 Å². The van der Waals surface area contributed by atoms with Crippen LogP contribution in [0.4, 0.5) is 0 Å². The van der Waals surface area contributed by atoms with E-state index in [4.69, 9.17) is 9.47 Å². The minimum Gasteiger partial charge on any atom is -0.493 e. The van der Waals surface area contributed by atoms with Gasteiger partial charge in [-0.25, -0.2) is 4.68 Å². The summed E-state index contributed by atoms with van der Waals surface area (Å²) < 4.78 is 12.9. The Kier molecular flexibility index (Phi) is 5.00. The summed E-state index contributed by atoms with van der Waals surface area (Å²) in [7, 11) is 3.16. The predicted octanol–water partition coefficient (Wildman–Crippen LogP) is 3.60. The maximum Gasteiger partial charge on any atom is 0.258 e. The molecule has 1 aromatic heterocycles. The molecule has 0 saturated carbocycles. The molecule has 156 valence electrons. The van der Waals surface area contributed by atoms with E-state index in [2.05, 4.69) is 42.2 Å². The summed E-state index contributed by atoms with van der Waals surface area (Å²) in [5.74, 6) is 1.12. The monoisotopic (exact) mass is 398 g/mol. The number of rotatable bonds is 4. The van der Waals surface area contributed by atoms with Gasteiger partial charge in [-0.05, 0) is 37.8 Å². The highest BCUT2D eigenvalue weighted by molar-refractivity contribution is 5.98. The standard InChI is InChI=1S/C22H30N4O3/c1-22(2,3)19-13-25(24-23-19)16-11-14-9-10-15(12-16)26(14)21(27)17-7-6-8-18(28-4)20(17)29-5/h6-8,13-16H,9-12H2,1-5H3. The fraction of sp³-hybridized carbons (Fsp3) is 0.591. The molecule has 2 bridgehead atoms. The van der Waals surface area contributed by atoms with Gasteiger partial charge in [-0.2, -0.15) is 0 Å². The molecule has 0 aliphatic carbocycles. The fourth-order valence-corrected chi connectivity index (χ4v) is 4.69. The number of benzene rings is 1. The lowest BCUT2D eigenvalue weighted by Gasteiger charge is -2.39. The molecule has 2 fully saturated rings. The molecule has 2 aromatic rings. The van der Waals surface area contributed by atoms with Gasteiger partial charge < -0.3 is 14.4 Å². The zero-order valence-corrected chi connectivity index (χ0v) is 17.9. The normalized spacial score (nSPS) is 23.9. The molecule has 0 radical (unpaired) electrons. The van der Waals surface area contributed by atoms with E-state index in [9.17, 15) is 4.79 Å². The van der Waals surface area contributed by atoms with Crippen LogP contribution in [-0.2, 0) is 5.41 Å². The van der Waals surface area contributed by atoms with Crippen LogP contribution < -0.4 is 9.47 Å². The SMILES string of the molecule is COc1cccc(C(=O)N2C3CCC2CC(n2cc(C(C)(C)C)nn2)C3)c1OC. The number of methoxy groups -OCH3 is 2. The molecule has 1 amide bonds. The molecule has 2 saturated heterocycles. The summed E-state index contributed by atoms with van der Waals surface area (Å²) >= 11 is 0. The van der Waals surface area contributed by atoms with Crippen molar-refractivity contribution >= 4 is 5.91 Å². The smallest absolute Gasteiger partial charge is 0.258 e. The van der Waals surface area contributed by atoms with Gasteiger partial charge in [0, 0.05) is 23.7 Å². The lowest BCUT2D eigenvalue weighted by molar-refractivity contribution is 0.0519. The number of fused-ring (bicyclic) bond motifs is 2. The average Bonchev–Trinajstić information content (AvgIpc) is 3.30.